The molecule has 0 saturated carbocycles. The predicted octanol–water partition coefficient (Wildman–Crippen LogP) is 4.38. The average molecular weight is 339 g/mol. The van der Waals surface area contributed by atoms with Gasteiger partial charge in [-0.05, 0) is 43.1 Å². The smallest absolute Gasteiger partial charge is 0.131 e. The van der Waals surface area contributed by atoms with Crippen molar-refractivity contribution < 1.29 is 5.11 Å². The average Bonchev–Trinajstić information content (AvgIpc) is 2.59. The highest BCUT2D eigenvalue weighted by molar-refractivity contribution is 5.65. The van der Waals surface area contributed by atoms with Gasteiger partial charge in [0.2, 0.25) is 0 Å². The standard InChI is InChI=1S/C21H29N3O/c1-14(2)9-11-24-12-10-19-18(13-24)20(23-21(22-19)15(3)4)16-5-7-17(25)8-6-16/h5-8,14-15,25H,9-13H2,1-4H3. The molecule has 0 aliphatic carbocycles. The number of hydrogen-bond acceptors (Lipinski definition) is 4. The Morgan fingerprint density at radius 2 is 1.80 bits per heavy atom. The van der Waals surface area contributed by atoms with Gasteiger partial charge < -0.3 is 5.11 Å². The van der Waals surface area contributed by atoms with Gasteiger partial charge in [-0.2, -0.15) is 0 Å². The molecule has 4 heteroatoms. The Balaban J connectivity index is 1.98. The summed E-state index contributed by atoms with van der Waals surface area (Å²) >= 11 is 0. The minimum absolute atomic E-state index is 0.286. The van der Waals surface area contributed by atoms with Gasteiger partial charge in [0.05, 0.1) is 11.4 Å². The van der Waals surface area contributed by atoms with Crippen LogP contribution in [0.2, 0.25) is 0 Å². The Morgan fingerprint density at radius 1 is 1.08 bits per heavy atom. The number of fused-ring (bicyclic) bond motifs is 1. The second kappa shape index (κ2) is 7.52. The summed E-state index contributed by atoms with van der Waals surface area (Å²) in [5, 5.41) is 9.61. The summed E-state index contributed by atoms with van der Waals surface area (Å²) in [5.74, 6) is 2.23. The lowest BCUT2D eigenvalue weighted by Gasteiger charge is -2.30. The van der Waals surface area contributed by atoms with E-state index in [4.69, 9.17) is 9.97 Å². The summed E-state index contributed by atoms with van der Waals surface area (Å²) in [4.78, 5) is 12.3. The molecule has 4 nitrogen and oxygen atoms in total. The van der Waals surface area contributed by atoms with Crippen molar-refractivity contribution in [1.29, 1.82) is 0 Å². The zero-order valence-corrected chi connectivity index (χ0v) is 15.8. The lowest BCUT2D eigenvalue weighted by molar-refractivity contribution is 0.237. The van der Waals surface area contributed by atoms with Gasteiger partial charge in [0, 0.05) is 36.6 Å². The SMILES string of the molecule is CC(C)CCN1CCc2nc(C(C)C)nc(-c3ccc(O)cc3)c2C1. The number of phenols is 1. The molecule has 134 valence electrons. The molecule has 0 bridgehead atoms. The molecule has 1 aliphatic heterocycles. The Kier molecular flexibility index (Phi) is 5.38. The normalized spacial score (nSPS) is 15.0. The zero-order chi connectivity index (χ0) is 18.0. The molecule has 0 atom stereocenters. The van der Waals surface area contributed by atoms with E-state index in [0.717, 1.165) is 49.1 Å². The van der Waals surface area contributed by atoms with Crippen molar-refractivity contribution >= 4 is 0 Å². The van der Waals surface area contributed by atoms with Gasteiger partial charge in [-0.25, -0.2) is 9.97 Å². The predicted molar refractivity (Wildman–Crippen MR) is 102 cm³/mol. The molecule has 1 aliphatic rings. The van der Waals surface area contributed by atoms with Crippen LogP contribution >= 0.6 is 0 Å². The van der Waals surface area contributed by atoms with Gasteiger partial charge in [-0.15, -0.1) is 0 Å². The molecule has 0 fully saturated rings. The van der Waals surface area contributed by atoms with E-state index in [2.05, 4.69) is 32.6 Å². The molecule has 25 heavy (non-hydrogen) atoms. The Labute approximate surface area is 150 Å². The first-order valence-corrected chi connectivity index (χ1v) is 9.35. The van der Waals surface area contributed by atoms with Crippen LogP contribution in [-0.4, -0.2) is 33.1 Å². The molecule has 1 aromatic heterocycles. The summed E-state index contributed by atoms with van der Waals surface area (Å²) in [5.41, 5.74) is 4.54. The van der Waals surface area contributed by atoms with Crippen molar-refractivity contribution in [2.75, 3.05) is 13.1 Å². The van der Waals surface area contributed by atoms with Crippen molar-refractivity contribution in [2.24, 2.45) is 5.92 Å². The lowest BCUT2D eigenvalue weighted by atomic mass is 9.97. The van der Waals surface area contributed by atoms with Gasteiger partial charge in [0.15, 0.2) is 0 Å². The third-order valence-corrected chi connectivity index (χ3v) is 4.84. The van der Waals surface area contributed by atoms with Crippen molar-refractivity contribution in [3.8, 4) is 17.0 Å². The van der Waals surface area contributed by atoms with E-state index in [9.17, 15) is 5.11 Å². The van der Waals surface area contributed by atoms with Crippen LogP contribution in [0.4, 0.5) is 0 Å². The summed E-state index contributed by atoms with van der Waals surface area (Å²) in [6, 6.07) is 7.38. The van der Waals surface area contributed by atoms with Crippen LogP contribution in [0, 0.1) is 5.92 Å². The van der Waals surface area contributed by atoms with E-state index >= 15 is 0 Å². The van der Waals surface area contributed by atoms with E-state index in [-0.39, 0.29) is 5.75 Å². The topological polar surface area (TPSA) is 49.2 Å². The maximum absolute atomic E-state index is 9.61. The molecular formula is C21H29N3O. The molecule has 0 saturated heterocycles. The molecule has 2 heterocycles. The first kappa shape index (κ1) is 17.9. The minimum atomic E-state index is 0.286. The largest absolute Gasteiger partial charge is 0.508 e. The zero-order valence-electron chi connectivity index (χ0n) is 15.8. The second-order valence-corrected chi connectivity index (χ2v) is 7.77. The fourth-order valence-electron chi connectivity index (χ4n) is 3.24. The van der Waals surface area contributed by atoms with Crippen LogP contribution in [0.1, 0.15) is 57.1 Å². The highest BCUT2D eigenvalue weighted by Gasteiger charge is 2.23. The third-order valence-electron chi connectivity index (χ3n) is 4.84. The number of benzene rings is 1. The molecule has 1 aromatic carbocycles. The Bertz CT molecular complexity index is 723. The van der Waals surface area contributed by atoms with Gasteiger partial charge in [-0.1, -0.05) is 27.7 Å². The summed E-state index contributed by atoms with van der Waals surface area (Å²) < 4.78 is 0. The van der Waals surface area contributed by atoms with Crippen molar-refractivity contribution in [2.45, 2.75) is 53.0 Å². The summed E-state index contributed by atoms with van der Waals surface area (Å²) in [7, 11) is 0. The first-order valence-electron chi connectivity index (χ1n) is 9.35. The van der Waals surface area contributed by atoms with Crippen LogP contribution in [0.5, 0.6) is 5.75 Å². The second-order valence-electron chi connectivity index (χ2n) is 7.77. The van der Waals surface area contributed by atoms with Gasteiger partial charge >= 0.3 is 0 Å². The number of aromatic hydroxyl groups is 1. The van der Waals surface area contributed by atoms with E-state index < -0.39 is 0 Å². The molecule has 0 unspecified atom stereocenters. The highest BCUT2D eigenvalue weighted by atomic mass is 16.3. The van der Waals surface area contributed by atoms with Crippen molar-refractivity contribution in [3.63, 3.8) is 0 Å². The Morgan fingerprint density at radius 3 is 2.44 bits per heavy atom. The fraction of sp³-hybridized carbons (Fsp3) is 0.524. The number of aromatic nitrogens is 2. The summed E-state index contributed by atoms with van der Waals surface area (Å²) in [6.07, 6.45) is 2.20. The maximum Gasteiger partial charge on any atom is 0.131 e. The van der Waals surface area contributed by atoms with E-state index in [0.29, 0.717) is 5.92 Å². The maximum atomic E-state index is 9.61. The van der Waals surface area contributed by atoms with E-state index in [1.807, 2.05) is 12.1 Å². The van der Waals surface area contributed by atoms with Gasteiger partial charge in [0.25, 0.3) is 0 Å². The monoisotopic (exact) mass is 339 g/mol. The number of rotatable bonds is 5. The molecule has 0 spiro atoms. The number of nitrogens with zero attached hydrogens (tertiary/aromatic N) is 3. The fourth-order valence-corrected chi connectivity index (χ4v) is 3.24. The molecule has 0 radical (unpaired) electrons. The van der Waals surface area contributed by atoms with Crippen molar-refractivity contribution in [3.05, 3.63) is 41.3 Å². The van der Waals surface area contributed by atoms with Crippen LogP contribution in [0.3, 0.4) is 0 Å². The number of hydrogen-bond donors (Lipinski definition) is 1. The Hall–Kier alpha value is -1.94. The van der Waals surface area contributed by atoms with Crippen LogP contribution in [0.25, 0.3) is 11.3 Å². The quantitative estimate of drug-likeness (QED) is 0.878. The third kappa shape index (κ3) is 4.18. The van der Waals surface area contributed by atoms with Crippen LogP contribution in [0.15, 0.2) is 24.3 Å². The molecule has 1 N–H and O–H groups in total. The van der Waals surface area contributed by atoms with E-state index in [1.165, 1.54) is 17.7 Å². The molecular weight excluding hydrogens is 310 g/mol. The molecule has 2 aromatic rings. The summed E-state index contributed by atoms with van der Waals surface area (Å²) in [6.45, 7) is 11.9. The van der Waals surface area contributed by atoms with E-state index in [1.54, 1.807) is 12.1 Å². The van der Waals surface area contributed by atoms with Gasteiger partial charge in [-0.3, -0.25) is 4.90 Å². The highest BCUT2D eigenvalue weighted by Crippen LogP contribution is 2.30. The van der Waals surface area contributed by atoms with Crippen LogP contribution < -0.4 is 0 Å². The number of phenolic OH excluding ortho intramolecular Hbond substituents is 1. The molecule has 0 amide bonds. The van der Waals surface area contributed by atoms with Crippen LogP contribution in [-0.2, 0) is 13.0 Å². The lowest BCUT2D eigenvalue weighted by Crippen LogP contribution is -2.33. The van der Waals surface area contributed by atoms with Crippen molar-refractivity contribution in [1.82, 2.24) is 14.9 Å². The minimum Gasteiger partial charge on any atom is -0.508 e. The molecule has 3 rings (SSSR count). The first-order chi connectivity index (χ1) is 11.9. The van der Waals surface area contributed by atoms with Gasteiger partial charge in [0.1, 0.15) is 11.6 Å².